The van der Waals surface area contributed by atoms with Gasteiger partial charge in [-0.2, -0.15) is 13.2 Å². The topological polar surface area (TPSA) is 66.6 Å². The van der Waals surface area contributed by atoms with E-state index in [-0.39, 0.29) is 13.0 Å². The summed E-state index contributed by atoms with van der Waals surface area (Å²) >= 11 is 0. The van der Waals surface area contributed by atoms with Crippen molar-refractivity contribution in [3.8, 4) is 0 Å². The average Bonchev–Trinajstić information content (AvgIpc) is 2.11. The molecule has 0 aliphatic carbocycles. The van der Waals surface area contributed by atoms with E-state index in [1.54, 1.807) is 13.8 Å². The molecule has 0 amide bonds. The molecule has 0 bridgehead atoms. The molecule has 2 unspecified atom stereocenters. The number of alkyl halides is 3. The fraction of sp³-hybridized carbons (Fsp3) is 0.900. The monoisotopic (exact) mass is 256 g/mol. The van der Waals surface area contributed by atoms with Crippen LogP contribution in [0, 0.1) is 0 Å². The SMILES string of the molecule is CCN(CC(F)(F)F)C(C)CC(C)(N)C(=O)O. The van der Waals surface area contributed by atoms with Crippen LogP contribution in [0.3, 0.4) is 0 Å². The van der Waals surface area contributed by atoms with E-state index >= 15 is 0 Å². The van der Waals surface area contributed by atoms with Crippen molar-refractivity contribution >= 4 is 5.97 Å². The van der Waals surface area contributed by atoms with E-state index in [1.807, 2.05) is 0 Å². The highest BCUT2D eigenvalue weighted by Gasteiger charge is 2.36. The lowest BCUT2D eigenvalue weighted by atomic mass is 9.94. The van der Waals surface area contributed by atoms with Gasteiger partial charge in [0.1, 0.15) is 5.54 Å². The number of carbonyl (C=O) groups is 1. The minimum atomic E-state index is -4.29. The highest BCUT2D eigenvalue weighted by Crippen LogP contribution is 2.21. The number of carboxylic acids is 1. The molecule has 0 aliphatic rings. The molecule has 0 aromatic heterocycles. The molecule has 0 aromatic rings. The maximum atomic E-state index is 12.3. The summed E-state index contributed by atoms with van der Waals surface area (Å²) in [6, 6.07) is -0.548. The smallest absolute Gasteiger partial charge is 0.401 e. The molecule has 0 aliphatic heterocycles. The van der Waals surface area contributed by atoms with Gasteiger partial charge in [-0.05, 0) is 26.8 Å². The lowest BCUT2D eigenvalue weighted by Gasteiger charge is -2.32. The van der Waals surface area contributed by atoms with E-state index < -0.39 is 30.3 Å². The van der Waals surface area contributed by atoms with Crippen molar-refractivity contribution in [2.24, 2.45) is 5.73 Å². The molecule has 17 heavy (non-hydrogen) atoms. The van der Waals surface area contributed by atoms with E-state index in [4.69, 9.17) is 10.8 Å². The number of hydrogen-bond acceptors (Lipinski definition) is 3. The van der Waals surface area contributed by atoms with Crippen molar-refractivity contribution in [3.05, 3.63) is 0 Å². The number of nitrogens with zero attached hydrogens (tertiary/aromatic N) is 1. The van der Waals surface area contributed by atoms with Crippen molar-refractivity contribution in [2.45, 2.75) is 44.9 Å². The normalized spacial score (nSPS) is 17.9. The first-order chi connectivity index (χ1) is 7.49. The first-order valence-corrected chi connectivity index (χ1v) is 5.32. The Balaban J connectivity index is 4.56. The van der Waals surface area contributed by atoms with E-state index in [2.05, 4.69) is 0 Å². The van der Waals surface area contributed by atoms with Gasteiger partial charge in [0.2, 0.25) is 0 Å². The molecule has 0 heterocycles. The maximum absolute atomic E-state index is 12.3. The third-order valence-electron chi connectivity index (χ3n) is 2.62. The number of aliphatic carboxylic acids is 1. The van der Waals surface area contributed by atoms with Crippen molar-refractivity contribution in [1.29, 1.82) is 0 Å². The largest absolute Gasteiger partial charge is 0.480 e. The quantitative estimate of drug-likeness (QED) is 0.755. The Morgan fingerprint density at radius 3 is 2.24 bits per heavy atom. The van der Waals surface area contributed by atoms with Gasteiger partial charge in [-0.15, -0.1) is 0 Å². The van der Waals surface area contributed by atoms with E-state index in [1.165, 1.54) is 6.92 Å². The molecule has 3 N–H and O–H groups in total. The molecule has 0 spiro atoms. The van der Waals surface area contributed by atoms with Gasteiger partial charge in [0.15, 0.2) is 0 Å². The van der Waals surface area contributed by atoms with Crippen molar-refractivity contribution < 1.29 is 23.1 Å². The van der Waals surface area contributed by atoms with Gasteiger partial charge >= 0.3 is 12.1 Å². The summed E-state index contributed by atoms with van der Waals surface area (Å²) in [6.07, 6.45) is -4.33. The van der Waals surface area contributed by atoms with Gasteiger partial charge in [-0.1, -0.05) is 6.92 Å². The first-order valence-electron chi connectivity index (χ1n) is 5.32. The van der Waals surface area contributed by atoms with Crippen LogP contribution in [-0.4, -0.2) is 46.8 Å². The van der Waals surface area contributed by atoms with E-state index in [9.17, 15) is 18.0 Å². The second-order valence-corrected chi connectivity index (χ2v) is 4.45. The first kappa shape index (κ1) is 16.2. The van der Waals surface area contributed by atoms with Gasteiger partial charge in [-0.25, -0.2) is 0 Å². The van der Waals surface area contributed by atoms with Crippen molar-refractivity contribution in [2.75, 3.05) is 13.1 Å². The number of carboxylic acid groups (broad SMARTS) is 1. The Morgan fingerprint density at radius 1 is 1.47 bits per heavy atom. The van der Waals surface area contributed by atoms with Crippen LogP contribution in [0.25, 0.3) is 0 Å². The van der Waals surface area contributed by atoms with Crippen LogP contribution >= 0.6 is 0 Å². The third-order valence-corrected chi connectivity index (χ3v) is 2.62. The summed E-state index contributed by atoms with van der Waals surface area (Å²) in [4.78, 5) is 11.9. The highest BCUT2D eigenvalue weighted by atomic mass is 19.4. The predicted molar refractivity (Wildman–Crippen MR) is 57.6 cm³/mol. The molecule has 0 saturated carbocycles. The minimum Gasteiger partial charge on any atom is -0.480 e. The summed E-state index contributed by atoms with van der Waals surface area (Å²) in [7, 11) is 0. The van der Waals surface area contributed by atoms with Gasteiger partial charge in [0.25, 0.3) is 0 Å². The molecule has 4 nitrogen and oxygen atoms in total. The molecular weight excluding hydrogens is 237 g/mol. The fourth-order valence-electron chi connectivity index (χ4n) is 1.64. The molecular formula is C10H19F3N2O2. The molecule has 2 atom stereocenters. The summed E-state index contributed by atoms with van der Waals surface area (Å²) in [5.74, 6) is -1.22. The predicted octanol–water partition coefficient (Wildman–Crippen LogP) is 1.45. The second kappa shape index (κ2) is 5.68. The van der Waals surface area contributed by atoms with Gasteiger partial charge in [0, 0.05) is 6.04 Å². The standard InChI is InChI=1S/C10H19F3N2O2/c1-4-15(6-10(11,12)13)7(2)5-9(3,14)8(16)17/h7H,4-6,14H2,1-3H3,(H,16,17). The van der Waals surface area contributed by atoms with Gasteiger partial charge in [0.05, 0.1) is 6.54 Å². The Morgan fingerprint density at radius 2 is 1.94 bits per heavy atom. The Kier molecular flexibility index (Phi) is 5.41. The van der Waals surface area contributed by atoms with Gasteiger partial charge in [-0.3, -0.25) is 9.69 Å². The second-order valence-electron chi connectivity index (χ2n) is 4.45. The van der Waals surface area contributed by atoms with Crippen LogP contribution in [0.2, 0.25) is 0 Å². The Hall–Kier alpha value is -0.820. The third kappa shape index (κ3) is 5.88. The number of hydrogen-bond donors (Lipinski definition) is 2. The minimum absolute atomic E-state index is 0.0355. The molecule has 0 aromatic carbocycles. The number of rotatable bonds is 6. The molecule has 0 fully saturated rings. The zero-order chi connectivity index (χ0) is 13.9. The molecule has 7 heteroatoms. The van der Waals surface area contributed by atoms with Crippen LogP contribution in [0.5, 0.6) is 0 Å². The summed E-state index contributed by atoms with van der Waals surface area (Å²) in [6.45, 7) is 3.57. The number of nitrogens with two attached hydrogens (primary N) is 1. The fourth-order valence-corrected chi connectivity index (χ4v) is 1.64. The van der Waals surface area contributed by atoms with Crippen molar-refractivity contribution in [3.63, 3.8) is 0 Å². The zero-order valence-corrected chi connectivity index (χ0v) is 10.2. The Bertz CT molecular complexity index is 267. The van der Waals surface area contributed by atoms with Crippen LogP contribution in [-0.2, 0) is 4.79 Å². The summed E-state index contributed by atoms with van der Waals surface area (Å²) in [5, 5.41) is 8.81. The van der Waals surface area contributed by atoms with Crippen molar-refractivity contribution in [1.82, 2.24) is 4.90 Å². The Labute approximate surface area is 98.6 Å². The van der Waals surface area contributed by atoms with E-state index in [0.29, 0.717) is 0 Å². The molecule has 102 valence electrons. The molecule has 0 radical (unpaired) electrons. The zero-order valence-electron chi connectivity index (χ0n) is 10.2. The average molecular weight is 256 g/mol. The van der Waals surface area contributed by atoms with E-state index in [0.717, 1.165) is 4.90 Å². The summed E-state index contributed by atoms with van der Waals surface area (Å²) in [5.41, 5.74) is 3.99. The molecule has 0 saturated heterocycles. The van der Waals surface area contributed by atoms with Crippen LogP contribution in [0.4, 0.5) is 13.2 Å². The maximum Gasteiger partial charge on any atom is 0.401 e. The van der Waals surface area contributed by atoms with Gasteiger partial charge < -0.3 is 10.8 Å². The lowest BCUT2D eigenvalue weighted by Crippen LogP contribution is -2.51. The van der Waals surface area contributed by atoms with Crippen LogP contribution in [0.1, 0.15) is 27.2 Å². The highest BCUT2D eigenvalue weighted by molar-refractivity contribution is 5.77. The lowest BCUT2D eigenvalue weighted by molar-refractivity contribution is -0.152. The molecule has 0 rings (SSSR count). The summed E-state index contributed by atoms with van der Waals surface area (Å²) < 4.78 is 36.8. The number of halogens is 3. The van der Waals surface area contributed by atoms with Crippen LogP contribution < -0.4 is 5.73 Å². The van der Waals surface area contributed by atoms with Crippen LogP contribution in [0.15, 0.2) is 0 Å².